The Morgan fingerprint density at radius 3 is 2.42 bits per heavy atom. The average Bonchev–Trinajstić information content (AvgIpc) is 3.34. The van der Waals surface area contributed by atoms with Gasteiger partial charge in [-0.2, -0.15) is 17.5 Å². The molecule has 1 atom stereocenters. The molecule has 0 bridgehead atoms. The largest absolute Gasteiger partial charge is 0.451 e. The Balaban J connectivity index is 1.48. The maximum Gasteiger partial charge on any atom is 0.451 e. The van der Waals surface area contributed by atoms with Gasteiger partial charge in [-0.1, -0.05) is 11.6 Å². The highest BCUT2D eigenvalue weighted by molar-refractivity contribution is 7.89. The fraction of sp³-hybridized carbons (Fsp3) is 0.273. The second-order valence-electron chi connectivity index (χ2n) is 7.90. The quantitative estimate of drug-likeness (QED) is 0.474. The van der Waals surface area contributed by atoms with Crippen LogP contribution in [0.25, 0.3) is 11.3 Å². The van der Waals surface area contributed by atoms with Crippen molar-refractivity contribution in [2.45, 2.75) is 36.5 Å². The number of halogens is 5. The Hall–Kier alpha value is -3.16. The molecule has 0 saturated carbocycles. The molecule has 0 spiro atoms. The van der Waals surface area contributed by atoms with Gasteiger partial charge in [0, 0.05) is 37.2 Å². The van der Waals surface area contributed by atoms with Gasteiger partial charge in [0.2, 0.25) is 21.8 Å². The number of hydrogen-bond donors (Lipinski definition) is 1. The van der Waals surface area contributed by atoms with Gasteiger partial charge in [0.05, 0.1) is 15.6 Å². The summed E-state index contributed by atoms with van der Waals surface area (Å²) >= 11 is 6.18. The molecule has 36 heavy (non-hydrogen) atoms. The maximum atomic E-state index is 13.2. The minimum atomic E-state index is -4.68. The van der Waals surface area contributed by atoms with Gasteiger partial charge in [0.25, 0.3) is 0 Å². The molecule has 1 amide bonds. The zero-order valence-electron chi connectivity index (χ0n) is 18.3. The Bertz CT molecular complexity index is 1370. The van der Waals surface area contributed by atoms with Crippen molar-refractivity contribution in [1.82, 2.24) is 24.6 Å². The molecule has 1 aliphatic rings. The molecule has 3 heterocycles. The van der Waals surface area contributed by atoms with Crippen LogP contribution in [0.5, 0.6) is 0 Å². The minimum absolute atomic E-state index is 0.0877. The number of rotatable bonds is 6. The molecular formula is C22H18ClF4N5O3S. The molecule has 3 aromatic rings. The van der Waals surface area contributed by atoms with Gasteiger partial charge < -0.3 is 5.32 Å². The summed E-state index contributed by atoms with van der Waals surface area (Å²) in [5.41, 5.74) is 0.846. The van der Waals surface area contributed by atoms with Crippen LogP contribution in [-0.2, 0) is 27.5 Å². The summed E-state index contributed by atoms with van der Waals surface area (Å²) < 4.78 is 78.4. The molecule has 1 N–H and O–H groups in total. The number of nitrogens with one attached hydrogen (secondary N) is 1. The Kier molecular flexibility index (Phi) is 7.25. The number of nitrogens with zero attached hydrogens (tertiary/aromatic N) is 4. The van der Waals surface area contributed by atoms with Crippen LogP contribution in [0, 0.1) is 5.82 Å². The predicted molar refractivity (Wildman–Crippen MR) is 120 cm³/mol. The van der Waals surface area contributed by atoms with Crippen LogP contribution in [-0.4, -0.2) is 46.2 Å². The number of sulfonamides is 1. The van der Waals surface area contributed by atoms with E-state index in [1.807, 2.05) is 0 Å². The summed E-state index contributed by atoms with van der Waals surface area (Å²) in [6.45, 7) is 0.0431. The van der Waals surface area contributed by atoms with Gasteiger partial charge in [-0.05, 0) is 48.7 Å². The third-order valence-corrected chi connectivity index (χ3v) is 7.78. The summed E-state index contributed by atoms with van der Waals surface area (Å²) in [4.78, 5) is 23.5. The Labute approximate surface area is 208 Å². The van der Waals surface area contributed by atoms with E-state index < -0.39 is 39.8 Å². The van der Waals surface area contributed by atoms with Crippen molar-refractivity contribution in [3.63, 3.8) is 0 Å². The van der Waals surface area contributed by atoms with Gasteiger partial charge in [-0.15, -0.1) is 0 Å². The third-order valence-electron chi connectivity index (χ3n) is 5.52. The fourth-order valence-electron chi connectivity index (χ4n) is 3.71. The highest BCUT2D eigenvalue weighted by Crippen LogP contribution is 2.29. The molecule has 4 rings (SSSR count). The van der Waals surface area contributed by atoms with E-state index in [9.17, 15) is 30.8 Å². The lowest BCUT2D eigenvalue weighted by molar-refractivity contribution is -0.145. The summed E-state index contributed by atoms with van der Waals surface area (Å²) in [6.07, 6.45) is -0.691. The molecule has 0 aliphatic carbocycles. The van der Waals surface area contributed by atoms with Crippen LogP contribution in [0.3, 0.4) is 0 Å². The van der Waals surface area contributed by atoms with Crippen LogP contribution in [0.4, 0.5) is 17.6 Å². The second kappa shape index (κ2) is 10.1. The van der Waals surface area contributed by atoms with E-state index in [0.717, 1.165) is 41.0 Å². The number of hydrogen-bond acceptors (Lipinski definition) is 6. The lowest BCUT2D eigenvalue weighted by Gasteiger charge is -2.23. The first kappa shape index (κ1) is 25.9. The third kappa shape index (κ3) is 5.47. The molecule has 14 heteroatoms. The van der Waals surface area contributed by atoms with E-state index in [1.165, 1.54) is 12.3 Å². The van der Waals surface area contributed by atoms with E-state index in [2.05, 4.69) is 20.3 Å². The molecule has 190 valence electrons. The summed E-state index contributed by atoms with van der Waals surface area (Å²) in [7, 11) is -4.02. The summed E-state index contributed by atoms with van der Waals surface area (Å²) in [6, 6.07) is 4.84. The van der Waals surface area contributed by atoms with Crippen LogP contribution < -0.4 is 5.32 Å². The standard InChI is InChI=1S/C22H18ClF4N5O3S/c23-17-12-28-18(14-10-30-21(31-11-14)22(25,26)27)8-13(17)9-29-20(33)19-2-1-7-32(19)36(34,35)16-5-3-15(24)4-6-16/h3-6,8,10-12,19H,1-2,7,9H2,(H,29,33)/t19-/m0/s1. The normalized spacial score (nSPS) is 16.8. The highest BCUT2D eigenvalue weighted by atomic mass is 35.5. The van der Waals surface area contributed by atoms with Gasteiger partial charge in [-0.25, -0.2) is 22.8 Å². The number of alkyl halides is 3. The number of carbonyl (C=O) groups excluding carboxylic acids is 1. The predicted octanol–water partition coefficient (Wildman–Crippen LogP) is 3.82. The number of amides is 1. The molecule has 0 radical (unpaired) electrons. The molecule has 1 aliphatic heterocycles. The zero-order chi connectivity index (χ0) is 26.1. The van der Waals surface area contributed by atoms with Crippen molar-refractivity contribution in [2.24, 2.45) is 0 Å². The van der Waals surface area contributed by atoms with Gasteiger partial charge >= 0.3 is 6.18 Å². The molecule has 0 unspecified atom stereocenters. The maximum absolute atomic E-state index is 13.2. The minimum Gasteiger partial charge on any atom is -0.351 e. The number of benzene rings is 1. The Morgan fingerprint density at radius 1 is 1.11 bits per heavy atom. The smallest absolute Gasteiger partial charge is 0.351 e. The topological polar surface area (TPSA) is 105 Å². The lowest BCUT2D eigenvalue weighted by Crippen LogP contribution is -2.45. The van der Waals surface area contributed by atoms with Crippen LogP contribution >= 0.6 is 11.6 Å². The van der Waals surface area contributed by atoms with E-state index in [0.29, 0.717) is 18.4 Å². The average molecular weight is 544 g/mol. The van der Waals surface area contributed by atoms with Crippen molar-refractivity contribution in [2.75, 3.05) is 6.54 Å². The molecule has 2 aromatic heterocycles. The van der Waals surface area contributed by atoms with E-state index in [-0.39, 0.29) is 34.3 Å². The highest BCUT2D eigenvalue weighted by Gasteiger charge is 2.39. The molecule has 8 nitrogen and oxygen atoms in total. The first-order chi connectivity index (χ1) is 17.0. The van der Waals surface area contributed by atoms with Crippen molar-refractivity contribution in [3.8, 4) is 11.3 Å². The van der Waals surface area contributed by atoms with E-state index in [1.54, 1.807) is 0 Å². The van der Waals surface area contributed by atoms with E-state index in [4.69, 9.17) is 11.6 Å². The van der Waals surface area contributed by atoms with E-state index >= 15 is 0 Å². The van der Waals surface area contributed by atoms with Crippen molar-refractivity contribution >= 4 is 27.5 Å². The Morgan fingerprint density at radius 2 is 1.78 bits per heavy atom. The zero-order valence-corrected chi connectivity index (χ0v) is 19.9. The van der Waals surface area contributed by atoms with Crippen LogP contribution in [0.1, 0.15) is 24.2 Å². The number of carbonyl (C=O) groups is 1. The van der Waals surface area contributed by atoms with Crippen molar-refractivity contribution in [1.29, 1.82) is 0 Å². The van der Waals surface area contributed by atoms with Gasteiger partial charge in [-0.3, -0.25) is 9.78 Å². The second-order valence-corrected chi connectivity index (χ2v) is 10.2. The van der Waals surface area contributed by atoms with Crippen molar-refractivity contribution < 1.29 is 30.8 Å². The van der Waals surface area contributed by atoms with Gasteiger partial charge in [0.15, 0.2) is 0 Å². The van der Waals surface area contributed by atoms with Gasteiger partial charge in [0.1, 0.15) is 11.9 Å². The number of pyridine rings is 1. The fourth-order valence-corrected chi connectivity index (χ4v) is 5.54. The monoisotopic (exact) mass is 543 g/mol. The van der Waals surface area contributed by atoms with Crippen molar-refractivity contribution in [3.05, 3.63) is 71.2 Å². The summed E-state index contributed by atoms with van der Waals surface area (Å²) in [5.74, 6) is -2.42. The first-order valence-electron chi connectivity index (χ1n) is 10.6. The summed E-state index contributed by atoms with van der Waals surface area (Å²) in [5, 5.41) is 2.84. The van der Waals surface area contributed by atoms with Crippen LogP contribution in [0.15, 0.2) is 53.8 Å². The molecule has 1 aromatic carbocycles. The molecule has 1 fully saturated rings. The number of aromatic nitrogens is 3. The van der Waals surface area contributed by atoms with Crippen LogP contribution in [0.2, 0.25) is 5.02 Å². The first-order valence-corrected chi connectivity index (χ1v) is 12.4. The lowest BCUT2D eigenvalue weighted by atomic mass is 10.1. The SMILES string of the molecule is O=C(NCc1cc(-c2cnc(C(F)(F)F)nc2)ncc1Cl)[C@@H]1CCCN1S(=O)(=O)c1ccc(F)cc1. The molecular weight excluding hydrogens is 526 g/mol. The molecule has 1 saturated heterocycles.